The molecule has 0 N–H and O–H groups in total. The van der Waals surface area contributed by atoms with Gasteiger partial charge >= 0.3 is 0 Å². The maximum Gasteiger partial charge on any atom is 0.136 e. The van der Waals surface area contributed by atoms with Crippen LogP contribution in [0, 0.1) is 12.8 Å². The smallest absolute Gasteiger partial charge is 0.136 e. The minimum absolute atomic E-state index is 0.591. The molecule has 130 valence electrons. The number of hydrogen-bond donors (Lipinski definition) is 0. The van der Waals surface area contributed by atoms with Gasteiger partial charge in [0, 0.05) is 18.9 Å². The summed E-state index contributed by atoms with van der Waals surface area (Å²) in [5, 5.41) is 17.1. The zero-order valence-electron chi connectivity index (χ0n) is 15.0. The summed E-state index contributed by atoms with van der Waals surface area (Å²) >= 11 is 0. The van der Waals surface area contributed by atoms with Crippen LogP contribution in [0.1, 0.15) is 42.4 Å². The minimum Gasteiger partial charge on any atom is -0.251 e. The van der Waals surface area contributed by atoms with Crippen LogP contribution in [0.15, 0.2) is 18.3 Å². The molecule has 0 aliphatic heterocycles. The molecule has 0 spiro atoms. The van der Waals surface area contributed by atoms with Gasteiger partial charge in [-0.2, -0.15) is 0 Å². The molecule has 1 saturated carbocycles. The van der Waals surface area contributed by atoms with Crippen molar-refractivity contribution in [3.8, 4) is 11.4 Å². The van der Waals surface area contributed by atoms with Crippen molar-refractivity contribution in [3.05, 3.63) is 41.0 Å². The van der Waals surface area contributed by atoms with Crippen molar-refractivity contribution in [2.45, 2.75) is 46.1 Å². The molecule has 0 atom stereocenters. The first-order valence-electron chi connectivity index (χ1n) is 8.88. The molecule has 1 aliphatic rings. The van der Waals surface area contributed by atoms with Crippen LogP contribution in [0.4, 0.5) is 0 Å². The van der Waals surface area contributed by atoms with E-state index in [1.807, 2.05) is 24.0 Å². The number of aromatic nitrogens is 7. The van der Waals surface area contributed by atoms with Gasteiger partial charge in [-0.15, -0.1) is 10.2 Å². The highest BCUT2D eigenvalue weighted by Gasteiger charge is 2.23. The minimum atomic E-state index is 0.591. The summed E-state index contributed by atoms with van der Waals surface area (Å²) in [6.07, 6.45) is 6.62. The van der Waals surface area contributed by atoms with E-state index in [0.717, 1.165) is 47.2 Å². The first kappa shape index (κ1) is 15.9. The lowest BCUT2D eigenvalue weighted by atomic mass is 10.1. The fourth-order valence-electron chi connectivity index (χ4n) is 3.09. The quantitative estimate of drug-likeness (QED) is 0.690. The number of pyridine rings is 1. The zero-order valence-corrected chi connectivity index (χ0v) is 15.0. The fraction of sp³-hybridized carbons (Fsp3) is 0.500. The van der Waals surface area contributed by atoms with E-state index >= 15 is 0 Å². The molecule has 7 nitrogen and oxygen atoms in total. The maximum atomic E-state index is 4.77. The summed E-state index contributed by atoms with van der Waals surface area (Å²) in [4.78, 5) is 4.77. The Balaban J connectivity index is 1.62. The van der Waals surface area contributed by atoms with Crippen LogP contribution in [0.25, 0.3) is 11.4 Å². The summed E-state index contributed by atoms with van der Waals surface area (Å²) in [5.74, 6) is 0.809. The number of rotatable bonds is 6. The van der Waals surface area contributed by atoms with E-state index in [1.54, 1.807) is 4.68 Å². The second-order valence-electron chi connectivity index (χ2n) is 6.88. The molecule has 0 radical (unpaired) electrons. The molecule has 25 heavy (non-hydrogen) atoms. The van der Waals surface area contributed by atoms with Crippen LogP contribution < -0.4 is 0 Å². The average Bonchev–Trinajstić information content (AvgIpc) is 3.20. The van der Waals surface area contributed by atoms with Gasteiger partial charge in [-0.25, -0.2) is 9.36 Å². The van der Waals surface area contributed by atoms with Gasteiger partial charge in [0.05, 0.1) is 23.6 Å². The Labute approximate surface area is 147 Å². The van der Waals surface area contributed by atoms with Crippen LogP contribution in [-0.4, -0.2) is 35.0 Å². The third kappa shape index (κ3) is 3.31. The molecule has 0 bridgehead atoms. The van der Waals surface area contributed by atoms with E-state index in [9.17, 15) is 0 Å². The van der Waals surface area contributed by atoms with Crippen LogP contribution >= 0.6 is 0 Å². The van der Waals surface area contributed by atoms with E-state index in [4.69, 9.17) is 4.98 Å². The van der Waals surface area contributed by atoms with E-state index in [2.05, 4.69) is 40.5 Å². The monoisotopic (exact) mass is 337 g/mol. The Morgan fingerprint density at radius 1 is 1.16 bits per heavy atom. The first-order chi connectivity index (χ1) is 12.1. The lowest BCUT2D eigenvalue weighted by molar-refractivity contribution is 0.594. The Bertz CT molecular complexity index is 889. The second-order valence-corrected chi connectivity index (χ2v) is 6.88. The topological polar surface area (TPSA) is 74.3 Å². The standard InChI is InChI=1S/C18H23N7/c1-4-15-12(2)5-8-16(19-15)18-17(24(3)22-21-18)11-25-10-14(20-23-25)9-13-6-7-13/h5,8,10,13H,4,6-7,9,11H2,1-3H3. The summed E-state index contributed by atoms with van der Waals surface area (Å²) in [7, 11) is 1.91. The molecule has 7 heteroatoms. The summed E-state index contributed by atoms with van der Waals surface area (Å²) in [5.41, 5.74) is 6.04. The highest BCUT2D eigenvalue weighted by Crippen LogP contribution is 2.32. The van der Waals surface area contributed by atoms with Crippen molar-refractivity contribution >= 4 is 0 Å². The molecule has 0 unspecified atom stereocenters. The molecule has 0 aromatic carbocycles. The van der Waals surface area contributed by atoms with E-state index in [-0.39, 0.29) is 0 Å². The van der Waals surface area contributed by atoms with Crippen LogP contribution in [0.5, 0.6) is 0 Å². The van der Waals surface area contributed by atoms with E-state index < -0.39 is 0 Å². The molecule has 3 aromatic rings. The highest BCUT2D eigenvalue weighted by molar-refractivity contribution is 5.57. The highest BCUT2D eigenvalue weighted by atomic mass is 15.5. The van der Waals surface area contributed by atoms with Crippen LogP contribution in [0.2, 0.25) is 0 Å². The molecule has 0 saturated heterocycles. The molecule has 0 amide bonds. The Morgan fingerprint density at radius 2 is 2.00 bits per heavy atom. The predicted molar refractivity (Wildman–Crippen MR) is 93.9 cm³/mol. The van der Waals surface area contributed by atoms with E-state index in [0.29, 0.717) is 6.54 Å². The fourth-order valence-corrected chi connectivity index (χ4v) is 3.09. The Morgan fingerprint density at radius 3 is 2.76 bits per heavy atom. The SMILES string of the molecule is CCc1nc(-c2nnn(C)c2Cn2cc(CC3CC3)nn2)ccc1C. The largest absolute Gasteiger partial charge is 0.251 e. The normalized spacial score (nSPS) is 14.2. The third-order valence-electron chi connectivity index (χ3n) is 4.81. The summed E-state index contributed by atoms with van der Waals surface area (Å²) < 4.78 is 3.67. The third-order valence-corrected chi connectivity index (χ3v) is 4.81. The molecule has 1 aliphatic carbocycles. The summed E-state index contributed by atoms with van der Waals surface area (Å²) in [6, 6.07) is 4.12. The average molecular weight is 337 g/mol. The lowest BCUT2D eigenvalue weighted by Crippen LogP contribution is -2.08. The summed E-state index contributed by atoms with van der Waals surface area (Å²) in [6.45, 7) is 4.80. The van der Waals surface area contributed by atoms with Gasteiger partial charge in [0.1, 0.15) is 5.69 Å². The maximum absolute atomic E-state index is 4.77. The van der Waals surface area contributed by atoms with Gasteiger partial charge in [-0.05, 0) is 50.2 Å². The number of nitrogens with zero attached hydrogens (tertiary/aromatic N) is 7. The van der Waals surface area contributed by atoms with Crippen molar-refractivity contribution < 1.29 is 0 Å². The number of aryl methyl sites for hydroxylation is 3. The Hall–Kier alpha value is -2.57. The molecule has 3 aromatic heterocycles. The van der Waals surface area contributed by atoms with Crippen molar-refractivity contribution in [3.63, 3.8) is 0 Å². The zero-order chi connectivity index (χ0) is 17.4. The van der Waals surface area contributed by atoms with Crippen molar-refractivity contribution in [2.75, 3.05) is 0 Å². The van der Waals surface area contributed by atoms with Crippen molar-refractivity contribution in [1.29, 1.82) is 0 Å². The van der Waals surface area contributed by atoms with Gasteiger partial charge in [-0.3, -0.25) is 4.98 Å². The molecule has 1 fully saturated rings. The van der Waals surface area contributed by atoms with Crippen molar-refractivity contribution in [2.24, 2.45) is 13.0 Å². The molecular weight excluding hydrogens is 314 g/mol. The molecular formula is C18H23N7. The van der Waals surface area contributed by atoms with Gasteiger partial charge < -0.3 is 0 Å². The second kappa shape index (κ2) is 6.38. The predicted octanol–water partition coefficient (Wildman–Crippen LogP) is 2.34. The van der Waals surface area contributed by atoms with Gasteiger partial charge in [0.25, 0.3) is 0 Å². The van der Waals surface area contributed by atoms with Crippen LogP contribution in [-0.2, 0) is 26.4 Å². The van der Waals surface area contributed by atoms with Gasteiger partial charge in [-0.1, -0.05) is 23.4 Å². The van der Waals surface area contributed by atoms with Gasteiger partial charge in [0.15, 0.2) is 0 Å². The number of hydrogen-bond acceptors (Lipinski definition) is 5. The van der Waals surface area contributed by atoms with Crippen LogP contribution in [0.3, 0.4) is 0 Å². The lowest BCUT2D eigenvalue weighted by Gasteiger charge is -2.07. The van der Waals surface area contributed by atoms with E-state index in [1.165, 1.54) is 18.4 Å². The van der Waals surface area contributed by atoms with Crippen molar-refractivity contribution in [1.82, 2.24) is 35.0 Å². The Kier molecular flexibility index (Phi) is 4.07. The first-order valence-corrected chi connectivity index (χ1v) is 8.88. The molecule has 3 heterocycles. The molecule has 4 rings (SSSR count). The van der Waals surface area contributed by atoms with Gasteiger partial charge in [0.2, 0.25) is 0 Å².